The van der Waals surface area contributed by atoms with Crippen molar-refractivity contribution in [2.75, 3.05) is 0 Å². The molecule has 5 heteroatoms. The van der Waals surface area contributed by atoms with Crippen LogP contribution in [0.2, 0.25) is 0 Å². The maximum absolute atomic E-state index is 13.5. The number of aliphatic carboxylic acids is 1. The number of nitrogens with one attached hydrogen (secondary N) is 1. The maximum atomic E-state index is 13.5. The lowest BCUT2D eigenvalue weighted by atomic mass is 9.97. The largest absolute Gasteiger partial charge is 0.480 e. The Kier molecular flexibility index (Phi) is 5.48. The highest BCUT2D eigenvalue weighted by Gasteiger charge is 2.20. The minimum atomic E-state index is -1.06. The van der Waals surface area contributed by atoms with Gasteiger partial charge in [0.05, 0.1) is 0 Å². The molecule has 1 amide bonds. The highest BCUT2D eigenvalue weighted by molar-refractivity contribution is 5.83. The molecule has 0 saturated carbocycles. The van der Waals surface area contributed by atoms with Crippen LogP contribution in [0.25, 0.3) is 0 Å². The summed E-state index contributed by atoms with van der Waals surface area (Å²) in [5.74, 6) is -2.10. The first kappa shape index (κ1) is 15.1. The van der Waals surface area contributed by atoms with E-state index in [4.69, 9.17) is 5.11 Å². The predicted octanol–water partition coefficient (Wildman–Crippen LogP) is 2.30. The molecule has 1 aromatic carbocycles. The molecule has 0 radical (unpaired) electrons. The lowest BCUT2D eigenvalue weighted by Crippen LogP contribution is -2.40. The van der Waals surface area contributed by atoms with Gasteiger partial charge in [-0.25, -0.2) is 9.18 Å². The van der Waals surface area contributed by atoms with Crippen molar-refractivity contribution in [2.24, 2.45) is 0 Å². The van der Waals surface area contributed by atoms with E-state index < -0.39 is 12.0 Å². The summed E-state index contributed by atoms with van der Waals surface area (Å²) in [4.78, 5) is 22.5. The molecule has 0 aliphatic heterocycles. The first-order valence-electron chi connectivity index (χ1n) is 6.22. The van der Waals surface area contributed by atoms with Crippen molar-refractivity contribution in [1.29, 1.82) is 0 Å². The zero-order valence-corrected chi connectivity index (χ0v) is 11.0. The van der Waals surface area contributed by atoms with Crippen molar-refractivity contribution in [3.8, 4) is 0 Å². The molecule has 0 heterocycles. The highest BCUT2D eigenvalue weighted by atomic mass is 19.1. The number of hydrogen-bond acceptors (Lipinski definition) is 2. The van der Waals surface area contributed by atoms with Gasteiger partial charge in [0, 0.05) is 6.42 Å². The molecule has 0 aliphatic carbocycles. The molecular formula is C14H18FNO3. The van der Waals surface area contributed by atoms with Gasteiger partial charge in [0.15, 0.2) is 0 Å². The number of carbonyl (C=O) groups excluding carboxylic acids is 1. The van der Waals surface area contributed by atoms with Gasteiger partial charge in [0.25, 0.3) is 0 Å². The molecule has 104 valence electrons. The number of rotatable bonds is 6. The fourth-order valence-corrected chi connectivity index (χ4v) is 1.85. The lowest BCUT2D eigenvalue weighted by Gasteiger charge is -2.16. The number of carboxylic acid groups (broad SMARTS) is 1. The normalized spacial score (nSPS) is 13.6. The topological polar surface area (TPSA) is 66.4 Å². The van der Waals surface area contributed by atoms with E-state index in [0.29, 0.717) is 12.0 Å². The van der Waals surface area contributed by atoms with Gasteiger partial charge in [0.2, 0.25) is 5.91 Å². The number of carbonyl (C=O) groups is 2. The Morgan fingerprint density at radius 2 is 2.00 bits per heavy atom. The summed E-state index contributed by atoms with van der Waals surface area (Å²) < 4.78 is 13.5. The molecule has 1 aromatic rings. The average Bonchev–Trinajstić information content (AvgIpc) is 2.35. The number of benzene rings is 1. The Labute approximate surface area is 111 Å². The molecule has 2 N–H and O–H groups in total. The van der Waals surface area contributed by atoms with E-state index in [1.807, 2.05) is 0 Å². The van der Waals surface area contributed by atoms with E-state index in [2.05, 4.69) is 5.32 Å². The molecule has 0 saturated heterocycles. The van der Waals surface area contributed by atoms with Crippen LogP contribution < -0.4 is 5.32 Å². The Hall–Kier alpha value is -1.91. The monoisotopic (exact) mass is 267 g/mol. The number of halogens is 1. The molecule has 2 atom stereocenters. The van der Waals surface area contributed by atoms with Crippen LogP contribution >= 0.6 is 0 Å². The molecule has 2 unspecified atom stereocenters. The molecule has 4 nitrogen and oxygen atoms in total. The molecule has 0 aliphatic rings. The third-order valence-electron chi connectivity index (χ3n) is 2.97. The van der Waals surface area contributed by atoms with Gasteiger partial charge in [-0.2, -0.15) is 0 Å². The summed E-state index contributed by atoms with van der Waals surface area (Å²) in [5, 5.41) is 11.3. The standard InChI is InChI=1S/C14H18FNO3/c1-3-12(14(18)19)16-13(17)8-9(2)10-6-4-5-7-11(10)15/h4-7,9,12H,3,8H2,1-2H3,(H,16,17)(H,18,19). The second-order valence-electron chi connectivity index (χ2n) is 4.49. The van der Waals surface area contributed by atoms with Crippen LogP contribution in [0.1, 0.15) is 38.2 Å². The number of hydrogen-bond donors (Lipinski definition) is 2. The SMILES string of the molecule is CCC(NC(=O)CC(C)c1ccccc1F)C(=O)O. The second kappa shape index (κ2) is 6.87. The van der Waals surface area contributed by atoms with E-state index >= 15 is 0 Å². The predicted molar refractivity (Wildman–Crippen MR) is 69.3 cm³/mol. The first-order valence-corrected chi connectivity index (χ1v) is 6.22. The van der Waals surface area contributed by atoms with Gasteiger partial charge in [-0.3, -0.25) is 4.79 Å². The van der Waals surface area contributed by atoms with Gasteiger partial charge in [0.1, 0.15) is 11.9 Å². The van der Waals surface area contributed by atoms with Gasteiger partial charge in [-0.1, -0.05) is 32.0 Å². The van der Waals surface area contributed by atoms with Crippen LogP contribution in [-0.4, -0.2) is 23.0 Å². The van der Waals surface area contributed by atoms with E-state index in [0.717, 1.165) is 0 Å². The van der Waals surface area contributed by atoms with Crippen molar-refractivity contribution in [3.05, 3.63) is 35.6 Å². The Bertz CT molecular complexity index is 462. The minimum absolute atomic E-state index is 0.0602. The summed E-state index contributed by atoms with van der Waals surface area (Å²) in [6.07, 6.45) is 0.375. The minimum Gasteiger partial charge on any atom is -0.480 e. The molecular weight excluding hydrogens is 249 g/mol. The van der Waals surface area contributed by atoms with Crippen LogP contribution in [0, 0.1) is 5.82 Å². The number of carboxylic acids is 1. The van der Waals surface area contributed by atoms with Crippen LogP contribution in [-0.2, 0) is 9.59 Å². The third kappa shape index (κ3) is 4.35. The number of amides is 1. The summed E-state index contributed by atoms with van der Waals surface area (Å²) in [6, 6.07) is 5.37. The fourth-order valence-electron chi connectivity index (χ4n) is 1.85. The molecule has 0 bridgehead atoms. The summed E-state index contributed by atoms with van der Waals surface area (Å²) in [6.45, 7) is 3.42. The van der Waals surface area contributed by atoms with Gasteiger partial charge in [-0.15, -0.1) is 0 Å². The fraction of sp³-hybridized carbons (Fsp3) is 0.429. The van der Waals surface area contributed by atoms with Crippen molar-refractivity contribution in [3.63, 3.8) is 0 Å². The van der Waals surface area contributed by atoms with Crippen LogP contribution in [0.5, 0.6) is 0 Å². The molecule has 1 rings (SSSR count). The van der Waals surface area contributed by atoms with Crippen LogP contribution in [0.4, 0.5) is 4.39 Å². The van der Waals surface area contributed by atoms with E-state index in [9.17, 15) is 14.0 Å². The van der Waals surface area contributed by atoms with E-state index in [-0.39, 0.29) is 24.1 Å². The summed E-state index contributed by atoms with van der Waals surface area (Å²) >= 11 is 0. The van der Waals surface area contributed by atoms with E-state index in [1.165, 1.54) is 6.07 Å². The molecule has 0 fully saturated rings. The maximum Gasteiger partial charge on any atom is 0.326 e. The van der Waals surface area contributed by atoms with Crippen molar-refractivity contribution in [1.82, 2.24) is 5.32 Å². The summed E-state index contributed by atoms with van der Waals surface area (Å²) in [7, 11) is 0. The quantitative estimate of drug-likeness (QED) is 0.831. The first-order chi connectivity index (χ1) is 8.95. The van der Waals surface area contributed by atoms with Gasteiger partial charge >= 0.3 is 5.97 Å². The van der Waals surface area contributed by atoms with Gasteiger partial charge < -0.3 is 10.4 Å². The highest BCUT2D eigenvalue weighted by Crippen LogP contribution is 2.21. The molecule has 0 aromatic heterocycles. The van der Waals surface area contributed by atoms with E-state index in [1.54, 1.807) is 32.0 Å². The average molecular weight is 267 g/mol. The second-order valence-corrected chi connectivity index (χ2v) is 4.49. The van der Waals surface area contributed by atoms with Crippen molar-refractivity contribution >= 4 is 11.9 Å². The Morgan fingerprint density at radius 1 is 1.37 bits per heavy atom. The summed E-state index contributed by atoms with van der Waals surface area (Å²) in [5.41, 5.74) is 0.459. The smallest absolute Gasteiger partial charge is 0.326 e. The van der Waals surface area contributed by atoms with Gasteiger partial charge in [-0.05, 0) is 24.0 Å². The molecule has 0 spiro atoms. The Balaban J connectivity index is 2.62. The zero-order chi connectivity index (χ0) is 14.4. The lowest BCUT2D eigenvalue weighted by molar-refractivity contribution is -0.141. The molecule has 19 heavy (non-hydrogen) atoms. The van der Waals surface area contributed by atoms with Crippen molar-refractivity contribution in [2.45, 2.75) is 38.6 Å². The van der Waals surface area contributed by atoms with Crippen LogP contribution in [0.3, 0.4) is 0 Å². The zero-order valence-electron chi connectivity index (χ0n) is 11.0. The Morgan fingerprint density at radius 3 is 2.53 bits per heavy atom. The third-order valence-corrected chi connectivity index (χ3v) is 2.97. The van der Waals surface area contributed by atoms with Crippen LogP contribution in [0.15, 0.2) is 24.3 Å². The van der Waals surface area contributed by atoms with Crippen molar-refractivity contribution < 1.29 is 19.1 Å².